The van der Waals surface area contributed by atoms with E-state index in [0.29, 0.717) is 6.54 Å². The van der Waals surface area contributed by atoms with Gasteiger partial charge in [0.15, 0.2) is 0 Å². The summed E-state index contributed by atoms with van der Waals surface area (Å²) in [4.78, 5) is 11.7. The van der Waals surface area contributed by atoms with Gasteiger partial charge in [-0.15, -0.1) is 0 Å². The van der Waals surface area contributed by atoms with Crippen molar-refractivity contribution in [3.63, 3.8) is 0 Å². The first-order chi connectivity index (χ1) is 7.49. The molecule has 0 heterocycles. The second-order valence-electron chi connectivity index (χ2n) is 4.55. The smallest absolute Gasteiger partial charge is 0.223 e. The fourth-order valence-corrected chi connectivity index (χ4v) is 1.46. The Balaban J connectivity index is 2.90. The Morgan fingerprint density at radius 1 is 1.38 bits per heavy atom. The average molecular weight is 220 g/mol. The van der Waals surface area contributed by atoms with Crippen molar-refractivity contribution in [3.8, 4) is 0 Å². The van der Waals surface area contributed by atoms with Crippen LogP contribution in [0.15, 0.2) is 30.3 Å². The van der Waals surface area contributed by atoms with Gasteiger partial charge in [-0.25, -0.2) is 0 Å². The molecule has 1 rings (SSSR count). The Morgan fingerprint density at radius 3 is 2.38 bits per heavy atom. The lowest BCUT2D eigenvalue weighted by molar-refractivity contribution is -0.125. The lowest BCUT2D eigenvalue weighted by Gasteiger charge is -2.30. The summed E-state index contributed by atoms with van der Waals surface area (Å²) in [6.07, 6.45) is 0. The van der Waals surface area contributed by atoms with Crippen molar-refractivity contribution in [1.29, 1.82) is 0 Å². The highest BCUT2D eigenvalue weighted by molar-refractivity contribution is 5.78. The van der Waals surface area contributed by atoms with Gasteiger partial charge in [-0.3, -0.25) is 4.79 Å². The summed E-state index contributed by atoms with van der Waals surface area (Å²) in [5, 5.41) is 2.99. The van der Waals surface area contributed by atoms with Gasteiger partial charge in [-0.2, -0.15) is 0 Å². The molecule has 0 saturated carbocycles. The Bertz CT molecular complexity index is 348. The van der Waals surface area contributed by atoms with Crippen LogP contribution in [0.4, 0.5) is 0 Å². The Labute approximate surface area is 97.0 Å². The van der Waals surface area contributed by atoms with Crippen LogP contribution in [0, 0.1) is 5.92 Å². The van der Waals surface area contributed by atoms with Crippen LogP contribution in [0.25, 0.3) is 0 Å². The number of amides is 1. The molecule has 0 aliphatic carbocycles. The maximum absolute atomic E-state index is 11.7. The van der Waals surface area contributed by atoms with Crippen LogP contribution in [0.3, 0.4) is 0 Å². The van der Waals surface area contributed by atoms with Gasteiger partial charge < -0.3 is 11.1 Å². The van der Waals surface area contributed by atoms with Crippen molar-refractivity contribution in [2.45, 2.75) is 26.3 Å². The van der Waals surface area contributed by atoms with Crippen LogP contribution < -0.4 is 11.1 Å². The minimum absolute atomic E-state index is 0.0248. The highest BCUT2D eigenvalue weighted by atomic mass is 16.2. The molecule has 1 aromatic rings. The summed E-state index contributed by atoms with van der Waals surface area (Å²) < 4.78 is 0. The number of carbonyl (C=O) groups is 1. The topological polar surface area (TPSA) is 55.1 Å². The average Bonchev–Trinajstić information content (AvgIpc) is 2.29. The van der Waals surface area contributed by atoms with Gasteiger partial charge in [0.1, 0.15) is 0 Å². The number of nitrogens with one attached hydrogen (secondary N) is 1. The Kier molecular flexibility index (Phi) is 4.07. The van der Waals surface area contributed by atoms with Crippen molar-refractivity contribution in [2.24, 2.45) is 11.7 Å². The quantitative estimate of drug-likeness (QED) is 0.810. The molecule has 3 heteroatoms. The molecule has 1 amide bonds. The van der Waals surface area contributed by atoms with Gasteiger partial charge in [0.25, 0.3) is 0 Å². The lowest BCUT2D eigenvalue weighted by Crippen LogP contribution is -2.50. The lowest BCUT2D eigenvalue weighted by atomic mass is 9.91. The zero-order chi connectivity index (χ0) is 12.2. The van der Waals surface area contributed by atoms with E-state index in [1.54, 1.807) is 0 Å². The summed E-state index contributed by atoms with van der Waals surface area (Å²) in [6.45, 7) is 6.08. The van der Waals surface area contributed by atoms with Crippen molar-refractivity contribution >= 4 is 5.91 Å². The molecule has 3 N–H and O–H groups in total. The molecule has 0 saturated heterocycles. The van der Waals surface area contributed by atoms with E-state index in [0.717, 1.165) is 5.56 Å². The van der Waals surface area contributed by atoms with Crippen molar-refractivity contribution < 1.29 is 4.79 Å². The molecule has 0 radical (unpaired) electrons. The monoisotopic (exact) mass is 220 g/mol. The van der Waals surface area contributed by atoms with Crippen molar-refractivity contribution in [1.82, 2.24) is 5.32 Å². The first-order valence-electron chi connectivity index (χ1n) is 5.57. The number of carbonyl (C=O) groups excluding carboxylic acids is 1. The highest BCUT2D eigenvalue weighted by Crippen LogP contribution is 2.19. The first kappa shape index (κ1) is 12.7. The molecule has 0 spiro atoms. The van der Waals surface area contributed by atoms with Gasteiger partial charge >= 0.3 is 0 Å². The van der Waals surface area contributed by atoms with Gasteiger partial charge in [-0.05, 0) is 12.5 Å². The van der Waals surface area contributed by atoms with Crippen molar-refractivity contribution in [2.75, 3.05) is 6.54 Å². The number of nitrogens with two attached hydrogens (primary N) is 1. The summed E-state index contributed by atoms with van der Waals surface area (Å²) in [7, 11) is 0. The van der Waals surface area contributed by atoms with Crippen molar-refractivity contribution in [3.05, 3.63) is 35.9 Å². The molecule has 88 valence electrons. The zero-order valence-electron chi connectivity index (χ0n) is 10.2. The van der Waals surface area contributed by atoms with E-state index in [4.69, 9.17) is 5.73 Å². The zero-order valence-corrected chi connectivity index (χ0v) is 10.2. The molecule has 0 aliphatic rings. The number of hydrogen-bond acceptors (Lipinski definition) is 2. The third kappa shape index (κ3) is 2.83. The molecule has 0 aromatic heterocycles. The maximum atomic E-state index is 11.7. The molecule has 0 fully saturated rings. The fraction of sp³-hybridized carbons (Fsp3) is 0.462. The molecule has 1 atom stereocenters. The van der Waals surface area contributed by atoms with E-state index in [1.165, 1.54) is 0 Å². The predicted octanol–water partition coefficient (Wildman–Crippen LogP) is 1.63. The third-order valence-electron chi connectivity index (χ3n) is 2.74. The molecule has 1 unspecified atom stereocenters. The summed E-state index contributed by atoms with van der Waals surface area (Å²) in [6, 6.07) is 9.81. The number of hydrogen-bond donors (Lipinski definition) is 2. The van der Waals surface area contributed by atoms with Crippen LogP contribution >= 0.6 is 0 Å². The van der Waals surface area contributed by atoms with E-state index in [-0.39, 0.29) is 11.8 Å². The fourth-order valence-electron chi connectivity index (χ4n) is 1.46. The minimum Gasteiger partial charge on any atom is -0.345 e. The molecule has 16 heavy (non-hydrogen) atoms. The van der Waals surface area contributed by atoms with E-state index in [1.807, 2.05) is 51.1 Å². The standard InChI is InChI=1S/C13H20N2O/c1-10(2)12(16)15-13(3,9-14)11-7-5-4-6-8-11/h4-8,10H,9,14H2,1-3H3,(H,15,16). The molecular weight excluding hydrogens is 200 g/mol. The van der Waals surface area contributed by atoms with E-state index in [2.05, 4.69) is 5.32 Å². The van der Waals surface area contributed by atoms with Crippen LogP contribution in [0.1, 0.15) is 26.3 Å². The van der Waals surface area contributed by atoms with Crippen LogP contribution in [0.5, 0.6) is 0 Å². The minimum atomic E-state index is -0.484. The van der Waals surface area contributed by atoms with E-state index >= 15 is 0 Å². The largest absolute Gasteiger partial charge is 0.345 e. The molecule has 1 aromatic carbocycles. The SMILES string of the molecule is CC(C)C(=O)NC(C)(CN)c1ccccc1. The highest BCUT2D eigenvalue weighted by Gasteiger charge is 2.27. The van der Waals surface area contributed by atoms with E-state index in [9.17, 15) is 4.79 Å². The van der Waals surface area contributed by atoms with E-state index < -0.39 is 5.54 Å². The maximum Gasteiger partial charge on any atom is 0.223 e. The normalized spacial score (nSPS) is 14.6. The van der Waals surface area contributed by atoms with Gasteiger partial charge in [-0.1, -0.05) is 44.2 Å². The van der Waals surface area contributed by atoms with Gasteiger partial charge in [0, 0.05) is 12.5 Å². The Hall–Kier alpha value is -1.35. The van der Waals surface area contributed by atoms with Crippen LogP contribution in [-0.2, 0) is 10.3 Å². The summed E-state index contributed by atoms with van der Waals surface area (Å²) in [5.74, 6) is -0.00797. The second-order valence-corrected chi connectivity index (χ2v) is 4.55. The number of rotatable bonds is 4. The number of benzene rings is 1. The molecule has 0 bridgehead atoms. The molecule has 3 nitrogen and oxygen atoms in total. The third-order valence-corrected chi connectivity index (χ3v) is 2.74. The summed E-state index contributed by atoms with van der Waals surface area (Å²) >= 11 is 0. The van der Waals surface area contributed by atoms with Crippen LogP contribution in [0.2, 0.25) is 0 Å². The second kappa shape index (κ2) is 5.12. The predicted molar refractivity (Wildman–Crippen MR) is 65.8 cm³/mol. The molecule has 0 aliphatic heterocycles. The van der Waals surface area contributed by atoms with Crippen LogP contribution in [-0.4, -0.2) is 12.5 Å². The summed E-state index contributed by atoms with van der Waals surface area (Å²) in [5.41, 5.74) is 6.32. The first-order valence-corrected chi connectivity index (χ1v) is 5.57. The Morgan fingerprint density at radius 2 is 1.94 bits per heavy atom. The van der Waals surface area contributed by atoms with Gasteiger partial charge in [0.2, 0.25) is 5.91 Å². The molecular formula is C13H20N2O. The van der Waals surface area contributed by atoms with Gasteiger partial charge in [0.05, 0.1) is 5.54 Å².